The fraction of sp³-hybridized carbons (Fsp3) is 0.938. The summed E-state index contributed by atoms with van der Waals surface area (Å²) in [5.41, 5.74) is -0.461. The molecular formula is C16H29NO2. The van der Waals surface area contributed by atoms with E-state index in [1.165, 1.54) is 38.5 Å². The fourth-order valence-corrected chi connectivity index (χ4v) is 3.96. The molecule has 0 radical (unpaired) electrons. The molecule has 0 bridgehead atoms. The Balaban J connectivity index is 2.00. The van der Waals surface area contributed by atoms with Crippen molar-refractivity contribution >= 4 is 5.97 Å². The van der Waals surface area contributed by atoms with Crippen LogP contribution in [0.3, 0.4) is 0 Å². The predicted molar refractivity (Wildman–Crippen MR) is 77.2 cm³/mol. The molecule has 19 heavy (non-hydrogen) atoms. The van der Waals surface area contributed by atoms with E-state index in [1.54, 1.807) is 0 Å². The lowest BCUT2D eigenvalue weighted by Crippen LogP contribution is -2.46. The Bertz CT molecular complexity index is 297. The second-order valence-electron chi connectivity index (χ2n) is 6.83. The van der Waals surface area contributed by atoms with Gasteiger partial charge < -0.3 is 10.0 Å². The number of hydrogen-bond acceptors (Lipinski definition) is 2. The third-order valence-electron chi connectivity index (χ3n) is 5.02. The van der Waals surface area contributed by atoms with Gasteiger partial charge in [-0.05, 0) is 44.7 Å². The van der Waals surface area contributed by atoms with Crippen LogP contribution in [0.4, 0.5) is 0 Å². The molecule has 1 heterocycles. The number of carboxylic acids is 1. The van der Waals surface area contributed by atoms with Crippen LogP contribution in [-0.2, 0) is 4.79 Å². The van der Waals surface area contributed by atoms with Crippen LogP contribution >= 0.6 is 0 Å². The van der Waals surface area contributed by atoms with Gasteiger partial charge in [0.15, 0.2) is 0 Å². The van der Waals surface area contributed by atoms with Gasteiger partial charge in [0, 0.05) is 6.54 Å². The number of carbonyl (C=O) groups is 1. The minimum absolute atomic E-state index is 0.461. The first-order valence-corrected chi connectivity index (χ1v) is 8.08. The predicted octanol–water partition coefficient (Wildman–Crippen LogP) is 3.53. The van der Waals surface area contributed by atoms with Gasteiger partial charge in [-0.2, -0.15) is 0 Å². The number of rotatable bonds is 3. The highest BCUT2D eigenvalue weighted by Gasteiger charge is 2.42. The molecule has 2 atom stereocenters. The van der Waals surface area contributed by atoms with Crippen molar-refractivity contribution in [2.75, 3.05) is 19.6 Å². The number of aliphatic carboxylic acids is 1. The lowest BCUT2D eigenvalue weighted by molar-refractivity contribution is -0.153. The number of likely N-dealkylation sites (tertiary alicyclic amines) is 1. The molecule has 0 spiro atoms. The molecule has 2 fully saturated rings. The summed E-state index contributed by atoms with van der Waals surface area (Å²) in [6, 6.07) is 0. The minimum Gasteiger partial charge on any atom is -0.481 e. The summed E-state index contributed by atoms with van der Waals surface area (Å²) in [6.07, 6.45) is 10.5. The van der Waals surface area contributed by atoms with Crippen LogP contribution in [0.5, 0.6) is 0 Å². The lowest BCUT2D eigenvalue weighted by atomic mass is 9.69. The van der Waals surface area contributed by atoms with E-state index >= 15 is 0 Å². The molecule has 1 aliphatic heterocycles. The van der Waals surface area contributed by atoms with Crippen molar-refractivity contribution in [2.45, 2.75) is 64.7 Å². The van der Waals surface area contributed by atoms with Gasteiger partial charge >= 0.3 is 5.97 Å². The van der Waals surface area contributed by atoms with E-state index in [0.29, 0.717) is 5.92 Å². The standard InChI is InChI=1S/C16H29NO2/c1-14-8-7-9-16(12-14,15(18)19)13-17-10-5-3-2-4-6-11-17/h14H,2-13H2,1H3,(H,18,19). The van der Waals surface area contributed by atoms with E-state index < -0.39 is 11.4 Å². The van der Waals surface area contributed by atoms with Gasteiger partial charge in [0.25, 0.3) is 0 Å². The molecule has 1 saturated carbocycles. The van der Waals surface area contributed by atoms with Crippen molar-refractivity contribution in [3.8, 4) is 0 Å². The zero-order valence-corrected chi connectivity index (χ0v) is 12.4. The first kappa shape index (κ1) is 14.8. The molecule has 2 unspecified atom stereocenters. The maximum absolute atomic E-state index is 11.8. The Morgan fingerprint density at radius 2 is 1.79 bits per heavy atom. The van der Waals surface area contributed by atoms with Gasteiger partial charge in [-0.15, -0.1) is 0 Å². The highest BCUT2D eigenvalue weighted by Crippen LogP contribution is 2.40. The topological polar surface area (TPSA) is 40.5 Å². The zero-order valence-electron chi connectivity index (χ0n) is 12.4. The molecule has 2 rings (SSSR count). The van der Waals surface area contributed by atoms with E-state index in [4.69, 9.17) is 0 Å². The van der Waals surface area contributed by atoms with E-state index in [0.717, 1.165) is 38.9 Å². The summed E-state index contributed by atoms with van der Waals surface area (Å²) in [5.74, 6) is 0.0146. The fourth-order valence-electron chi connectivity index (χ4n) is 3.96. The second kappa shape index (κ2) is 6.74. The van der Waals surface area contributed by atoms with Crippen LogP contribution in [0.25, 0.3) is 0 Å². The van der Waals surface area contributed by atoms with Crippen molar-refractivity contribution in [3.05, 3.63) is 0 Å². The molecule has 0 amide bonds. The Morgan fingerprint density at radius 3 is 2.37 bits per heavy atom. The van der Waals surface area contributed by atoms with Crippen LogP contribution in [0.15, 0.2) is 0 Å². The molecule has 0 aromatic rings. The van der Waals surface area contributed by atoms with E-state index in [2.05, 4.69) is 11.8 Å². The van der Waals surface area contributed by atoms with Gasteiger partial charge in [0.05, 0.1) is 5.41 Å². The highest BCUT2D eigenvalue weighted by atomic mass is 16.4. The lowest BCUT2D eigenvalue weighted by Gasteiger charge is -2.40. The molecule has 2 aliphatic rings. The summed E-state index contributed by atoms with van der Waals surface area (Å²) >= 11 is 0. The Morgan fingerprint density at radius 1 is 1.16 bits per heavy atom. The first-order valence-electron chi connectivity index (χ1n) is 8.08. The van der Waals surface area contributed by atoms with Crippen LogP contribution in [-0.4, -0.2) is 35.6 Å². The quantitative estimate of drug-likeness (QED) is 0.850. The third kappa shape index (κ3) is 3.95. The number of carboxylic acid groups (broad SMARTS) is 1. The maximum Gasteiger partial charge on any atom is 0.310 e. The summed E-state index contributed by atoms with van der Waals surface area (Å²) in [4.78, 5) is 14.3. The van der Waals surface area contributed by atoms with E-state index in [1.807, 2.05) is 0 Å². The van der Waals surface area contributed by atoms with Gasteiger partial charge in [0.2, 0.25) is 0 Å². The number of hydrogen-bond donors (Lipinski definition) is 1. The third-order valence-corrected chi connectivity index (χ3v) is 5.02. The molecule has 0 aromatic carbocycles. The van der Waals surface area contributed by atoms with Crippen molar-refractivity contribution in [2.24, 2.45) is 11.3 Å². The first-order chi connectivity index (χ1) is 9.12. The average molecular weight is 267 g/mol. The molecular weight excluding hydrogens is 238 g/mol. The Hall–Kier alpha value is -0.570. The van der Waals surface area contributed by atoms with Crippen molar-refractivity contribution < 1.29 is 9.90 Å². The minimum atomic E-state index is -0.555. The largest absolute Gasteiger partial charge is 0.481 e. The van der Waals surface area contributed by atoms with Gasteiger partial charge in [0.1, 0.15) is 0 Å². The monoisotopic (exact) mass is 267 g/mol. The maximum atomic E-state index is 11.8. The zero-order chi connectivity index (χ0) is 13.7. The summed E-state index contributed by atoms with van der Waals surface area (Å²) in [7, 11) is 0. The van der Waals surface area contributed by atoms with Gasteiger partial charge in [-0.25, -0.2) is 0 Å². The smallest absolute Gasteiger partial charge is 0.310 e. The normalized spacial score (nSPS) is 34.5. The van der Waals surface area contributed by atoms with Crippen molar-refractivity contribution in [1.29, 1.82) is 0 Å². The molecule has 0 aromatic heterocycles. The van der Waals surface area contributed by atoms with E-state index in [9.17, 15) is 9.90 Å². The van der Waals surface area contributed by atoms with Crippen LogP contribution < -0.4 is 0 Å². The summed E-state index contributed by atoms with van der Waals surface area (Å²) in [6.45, 7) is 5.20. The van der Waals surface area contributed by atoms with Crippen LogP contribution in [0, 0.1) is 11.3 Å². The van der Waals surface area contributed by atoms with Crippen molar-refractivity contribution in [1.82, 2.24) is 4.90 Å². The second-order valence-corrected chi connectivity index (χ2v) is 6.83. The van der Waals surface area contributed by atoms with Crippen LogP contribution in [0.1, 0.15) is 64.7 Å². The average Bonchev–Trinajstić information content (AvgIpc) is 2.32. The molecule has 3 heteroatoms. The highest BCUT2D eigenvalue weighted by molar-refractivity contribution is 5.75. The Kier molecular flexibility index (Phi) is 5.26. The summed E-state index contributed by atoms with van der Waals surface area (Å²) in [5, 5.41) is 9.74. The summed E-state index contributed by atoms with van der Waals surface area (Å²) < 4.78 is 0. The SMILES string of the molecule is CC1CCCC(CN2CCCCCCC2)(C(=O)O)C1. The molecule has 1 aliphatic carbocycles. The molecule has 110 valence electrons. The number of nitrogens with zero attached hydrogens (tertiary/aromatic N) is 1. The van der Waals surface area contributed by atoms with Gasteiger partial charge in [-0.1, -0.05) is 39.0 Å². The van der Waals surface area contributed by atoms with Crippen molar-refractivity contribution in [3.63, 3.8) is 0 Å². The molecule has 3 nitrogen and oxygen atoms in total. The van der Waals surface area contributed by atoms with Crippen LogP contribution in [0.2, 0.25) is 0 Å². The van der Waals surface area contributed by atoms with E-state index in [-0.39, 0.29) is 0 Å². The molecule has 1 N–H and O–H groups in total. The Labute approximate surface area is 117 Å². The van der Waals surface area contributed by atoms with Gasteiger partial charge in [-0.3, -0.25) is 4.79 Å². The molecule has 1 saturated heterocycles.